The number of hydrogen-bond acceptors (Lipinski definition) is 5. The van der Waals surface area contributed by atoms with Crippen LogP contribution in [-0.2, 0) is 17.8 Å². The van der Waals surface area contributed by atoms with Crippen molar-refractivity contribution in [2.24, 2.45) is 0 Å². The third-order valence-corrected chi connectivity index (χ3v) is 5.52. The van der Waals surface area contributed by atoms with Crippen LogP contribution in [-0.4, -0.2) is 36.7 Å². The van der Waals surface area contributed by atoms with Crippen LogP contribution in [0.5, 0.6) is 0 Å². The Bertz CT molecular complexity index is 973. The fourth-order valence-corrected chi connectivity index (χ4v) is 3.91. The minimum absolute atomic E-state index is 0.0541. The largest absolute Gasteiger partial charge is 0.447 e. The number of rotatable bonds is 5. The SMILES string of the molecule is CNCc1cc(C(C)C)cc2c1CN(c1cccc(N3C(=O)OC[C@@H]3C)n1)C2=O. The molecule has 1 fully saturated rings. The van der Waals surface area contributed by atoms with Crippen molar-refractivity contribution in [1.82, 2.24) is 10.3 Å². The summed E-state index contributed by atoms with van der Waals surface area (Å²) in [6, 6.07) is 9.49. The Morgan fingerprint density at radius 3 is 2.66 bits per heavy atom. The first-order valence-corrected chi connectivity index (χ1v) is 9.96. The van der Waals surface area contributed by atoms with Gasteiger partial charge in [-0.2, -0.15) is 0 Å². The summed E-state index contributed by atoms with van der Waals surface area (Å²) in [4.78, 5) is 33.1. The number of fused-ring (bicyclic) bond motifs is 1. The first-order valence-electron chi connectivity index (χ1n) is 9.96. The lowest BCUT2D eigenvalue weighted by Crippen LogP contribution is -2.32. The van der Waals surface area contributed by atoms with Gasteiger partial charge in [0.05, 0.1) is 12.6 Å². The summed E-state index contributed by atoms with van der Waals surface area (Å²) in [6.07, 6.45) is -0.406. The van der Waals surface area contributed by atoms with Crippen LogP contribution in [0.2, 0.25) is 0 Å². The highest BCUT2D eigenvalue weighted by molar-refractivity contribution is 6.10. The average molecular weight is 394 g/mol. The Morgan fingerprint density at radius 2 is 2.00 bits per heavy atom. The molecule has 0 radical (unpaired) electrons. The van der Waals surface area contributed by atoms with Gasteiger partial charge in [0.15, 0.2) is 0 Å². The molecule has 7 heteroatoms. The maximum absolute atomic E-state index is 13.3. The summed E-state index contributed by atoms with van der Waals surface area (Å²) >= 11 is 0. The van der Waals surface area contributed by atoms with Crippen molar-refractivity contribution in [3.05, 3.63) is 52.6 Å². The van der Waals surface area contributed by atoms with Gasteiger partial charge >= 0.3 is 6.09 Å². The van der Waals surface area contributed by atoms with Gasteiger partial charge in [-0.3, -0.25) is 14.6 Å². The average Bonchev–Trinajstić information content (AvgIpc) is 3.21. The highest BCUT2D eigenvalue weighted by Gasteiger charge is 2.35. The Morgan fingerprint density at radius 1 is 1.24 bits per heavy atom. The number of benzene rings is 1. The zero-order valence-corrected chi connectivity index (χ0v) is 17.2. The van der Waals surface area contributed by atoms with Crippen molar-refractivity contribution in [3.8, 4) is 0 Å². The lowest BCUT2D eigenvalue weighted by molar-refractivity contribution is 0.0996. The highest BCUT2D eigenvalue weighted by atomic mass is 16.6. The predicted molar refractivity (Wildman–Crippen MR) is 111 cm³/mol. The molecule has 0 spiro atoms. The van der Waals surface area contributed by atoms with Crippen LogP contribution in [0.4, 0.5) is 16.4 Å². The van der Waals surface area contributed by atoms with Gasteiger partial charge in [0.1, 0.15) is 18.2 Å². The molecule has 1 saturated heterocycles. The zero-order chi connectivity index (χ0) is 20.7. The number of amides is 2. The van der Waals surface area contributed by atoms with Crippen LogP contribution >= 0.6 is 0 Å². The minimum Gasteiger partial charge on any atom is -0.447 e. The molecule has 4 rings (SSSR count). The van der Waals surface area contributed by atoms with Gasteiger partial charge in [0.25, 0.3) is 5.91 Å². The molecule has 0 saturated carbocycles. The summed E-state index contributed by atoms with van der Waals surface area (Å²) in [5.74, 6) is 1.32. The van der Waals surface area contributed by atoms with Crippen molar-refractivity contribution in [2.45, 2.75) is 45.8 Å². The van der Waals surface area contributed by atoms with E-state index in [2.05, 4.69) is 30.2 Å². The fraction of sp³-hybridized carbons (Fsp3) is 0.409. The van der Waals surface area contributed by atoms with E-state index in [-0.39, 0.29) is 11.9 Å². The standard InChI is InChI=1S/C22H26N4O3/c1-13(2)15-8-16(10-23-4)18-11-25(21(27)17(18)9-15)19-6-5-7-20(24-19)26-14(3)12-29-22(26)28/h5-9,13-14,23H,10-12H2,1-4H3/t14-/m0/s1. The molecule has 0 aliphatic carbocycles. The molecule has 2 aliphatic rings. The van der Waals surface area contributed by atoms with Crippen molar-refractivity contribution < 1.29 is 14.3 Å². The van der Waals surface area contributed by atoms with E-state index in [1.807, 2.05) is 26.1 Å². The van der Waals surface area contributed by atoms with Gasteiger partial charge in [-0.25, -0.2) is 9.78 Å². The first-order chi connectivity index (χ1) is 13.9. The van der Waals surface area contributed by atoms with Crippen LogP contribution in [0, 0.1) is 0 Å². The van der Waals surface area contributed by atoms with Gasteiger partial charge in [-0.15, -0.1) is 0 Å². The number of carbonyl (C=O) groups is 2. The number of aromatic nitrogens is 1. The molecule has 1 aromatic carbocycles. The van der Waals surface area contributed by atoms with Crippen molar-refractivity contribution >= 4 is 23.6 Å². The quantitative estimate of drug-likeness (QED) is 0.841. The molecule has 0 bridgehead atoms. The predicted octanol–water partition coefficient (Wildman–Crippen LogP) is 3.43. The maximum atomic E-state index is 13.3. The molecule has 29 heavy (non-hydrogen) atoms. The van der Waals surface area contributed by atoms with Gasteiger partial charge in [-0.1, -0.05) is 26.0 Å². The molecular formula is C22H26N4O3. The molecule has 1 N–H and O–H groups in total. The molecule has 2 aliphatic heterocycles. The van der Waals surface area contributed by atoms with E-state index in [4.69, 9.17) is 4.74 Å². The summed E-state index contributed by atoms with van der Waals surface area (Å²) in [5.41, 5.74) is 4.06. The molecule has 3 heterocycles. The van der Waals surface area contributed by atoms with Crippen molar-refractivity contribution in [2.75, 3.05) is 23.5 Å². The van der Waals surface area contributed by atoms with Crippen LogP contribution in [0.1, 0.15) is 53.7 Å². The topological polar surface area (TPSA) is 74.8 Å². The molecule has 1 aromatic heterocycles. The summed E-state index contributed by atoms with van der Waals surface area (Å²) < 4.78 is 5.11. The summed E-state index contributed by atoms with van der Waals surface area (Å²) in [5, 5.41) is 3.20. The lowest BCUT2D eigenvalue weighted by atomic mass is 9.94. The van der Waals surface area contributed by atoms with Crippen LogP contribution in [0.15, 0.2) is 30.3 Å². The van der Waals surface area contributed by atoms with Gasteiger partial charge in [0.2, 0.25) is 0 Å². The van der Waals surface area contributed by atoms with Crippen LogP contribution < -0.4 is 15.1 Å². The zero-order valence-electron chi connectivity index (χ0n) is 17.2. The van der Waals surface area contributed by atoms with Gasteiger partial charge in [0, 0.05) is 12.1 Å². The van der Waals surface area contributed by atoms with E-state index >= 15 is 0 Å². The number of ether oxygens (including phenoxy) is 1. The first kappa shape index (κ1) is 19.4. The second-order valence-electron chi connectivity index (χ2n) is 7.93. The number of hydrogen-bond donors (Lipinski definition) is 1. The minimum atomic E-state index is -0.406. The maximum Gasteiger partial charge on any atom is 0.415 e. The number of pyridine rings is 1. The second kappa shape index (κ2) is 7.48. The summed E-state index contributed by atoms with van der Waals surface area (Å²) in [7, 11) is 1.91. The molecule has 7 nitrogen and oxygen atoms in total. The van der Waals surface area contributed by atoms with Gasteiger partial charge in [-0.05, 0) is 54.8 Å². The fourth-order valence-electron chi connectivity index (χ4n) is 3.91. The Labute approximate surface area is 170 Å². The normalized spacial score (nSPS) is 18.6. The number of nitrogens with zero attached hydrogens (tertiary/aromatic N) is 3. The number of carbonyl (C=O) groups excluding carboxylic acids is 2. The van der Waals surface area contributed by atoms with E-state index in [1.165, 1.54) is 4.90 Å². The van der Waals surface area contributed by atoms with Crippen molar-refractivity contribution in [1.29, 1.82) is 0 Å². The smallest absolute Gasteiger partial charge is 0.415 e. The Balaban J connectivity index is 1.70. The van der Waals surface area contributed by atoms with E-state index < -0.39 is 6.09 Å². The molecule has 2 aromatic rings. The highest BCUT2D eigenvalue weighted by Crippen LogP contribution is 2.33. The van der Waals surface area contributed by atoms with Crippen LogP contribution in [0.3, 0.4) is 0 Å². The number of anilines is 2. The second-order valence-corrected chi connectivity index (χ2v) is 7.93. The van der Waals surface area contributed by atoms with Crippen LogP contribution in [0.25, 0.3) is 0 Å². The molecule has 152 valence electrons. The summed E-state index contributed by atoms with van der Waals surface area (Å²) in [6.45, 7) is 7.68. The lowest BCUT2D eigenvalue weighted by Gasteiger charge is -2.20. The number of cyclic esters (lactones) is 1. The molecule has 0 unspecified atom stereocenters. The Hall–Kier alpha value is -2.93. The number of nitrogens with one attached hydrogen (secondary N) is 1. The molecule has 1 atom stereocenters. The van der Waals surface area contributed by atoms with E-state index in [1.54, 1.807) is 17.0 Å². The molecular weight excluding hydrogens is 368 g/mol. The van der Waals surface area contributed by atoms with E-state index in [9.17, 15) is 9.59 Å². The van der Waals surface area contributed by atoms with E-state index in [0.717, 1.165) is 22.3 Å². The molecule has 2 amide bonds. The van der Waals surface area contributed by atoms with Gasteiger partial charge < -0.3 is 10.1 Å². The third-order valence-electron chi connectivity index (χ3n) is 5.52. The monoisotopic (exact) mass is 394 g/mol. The van der Waals surface area contributed by atoms with Crippen molar-refractivity contribution in [3.63, 3.8) is 0 Å². The van der Waals surface area contributed by atoms with E-state index in [0.29, 0.717) is 37.3 Å². The third kappa shape index (κ3) is 3.35. The Kier molecular flexibility index (Phi) is 5.00.